The SMILES string of the molecule is CCC1(C2(C(C)O)CC2)COC1. The van der Waals surface area contributed by atoms with Crippen molar-refractivity contribution < 1.29 is 9.84 Å². The van der Waals surface area contributed by atoms with Gasteiger partial charge in [-0.1, -0.05) is 6.92 Å². The van der Waals surface area contributed by atoms with Gasteiger partial charge in [0.15, 0.2) is 0 Å². The fourth-order valence-corrected chi connectivity index (χ4v) is 2.72. The average Bonchev–Trinajstić information content (AvgIpc) is 2.67. The second-order valence-corrected chi connectivity index (χ2v) is 4.46. The van der Waals surface area contributed by atoms with Gasteiger partial charge in [0, 0.05) is 10.8 Å². The smallest absolute Gasteiger partial charge is 0.0575 e. The molecule has 0 aromatic heterocycles. The first-order chi connectivity index (χ1) is 5.67. The minimum absolute atomic E-state index is 0.152. The van der Waals surface area contributed by atoms with Crippen molar-refractivity contribution in [3.63, 3.8) is 0 Å². The summed E-state index contributed by atoms with van der Waals surface area (Å²) in [7, 11) is 0. The van der Waals surface area contributed by atoms with Crippen LogP contribution in [-0.4, -0.2) is 24.4 Å². The first kappa shape index (κ1) is 8.52. The summed E-state index contributed by atoms with van der Waals surface area (Å²) in [5.74, 6) is 0. The van der Waals surface area contributed by atoms with Crippen LogP contribution >= 0.6 is 0 Å². The van der Waals surface area contributed by atoms with Crippen LogP contribution in [0.4, 0.5) is 0 Å². The van der Waals surface area contributed by atoms with Crippen LogP contribution in [0.5, 0.6) is 0 Å². The second-order valence-electron chi connectivity index (χ2n) is 4.46. The van der Waals surface area contributed by atoms with Gasteiger partial charge in [-0.3, -0.25) is 0 Å². The summed E-state index contributed by atoms with van der Waals surface area (Å²) in [6.45, 7) is 5.89. The Morgan fingerprint density at radius 3 is 2.08 bits per heavy atom. The van der Waals surface area contributed by atoms with Crippen molar-refractivity contribution in [1.82, 2.24) is 0 Å². The van der Waals surface area contributed by atoms with Crippen molar-refractivity contribution in [2.75, 3.05) is 13.2 Å². The number of ether oxygens (including phenoxy) is 1. The molecule has 1 aliphatic heterocycles. The summed E-state index contributed by atoms with van der Waals surface area (Å²) in [6.07, 6.45) is 3.39. The van der Waals surface area contributed by atoms with Crippen LogP contribution in [0, 0.1) is 10.8 Å². The predicted molar refractivity (Wildman–Crippen MR) is 46.9 cm³/mol. The number of hydrogen-bond acceptors (Lipinski definition) is 2. The van der Waals surface area contributed by atoms with Crippen molar-refractivity contribution in [1.29, 1.82) is 0 Å². The lowest BCUT2D eigenvalue weighted by molar-refractivity contribution is -0.179. The van der Waals surface area contributed by atoms with Crippen LogP contribution < -0.4 is 0 Å². The van der Waals surface area contributed by atoms with E-state index in [-0.39, 0.29) is 11.5 Å². The Kier molecular flexibility index (Phi) is 1.74. The molecular weight excluding hydrogens is 152 g/mol. The topological polar surface area (TPSA) is 29.5 Å². The third kappa shape index (κ3) is 0.826. The molecule has 1 heterocycles. The molecule has 0 aromatic rings. The highest BCUT2D eigenvalue weighted by Crippen LogP contribution is 2.64. The standard InChI is InChI=1S/C10H18O2/c1-3-9(6-12-7-9)10(4-5-10)8(2)11/h8,11H,3-7H2,1-2H3. The molecule has 2 nitrogen and oxygen atoms in total. The van der Waals surface area contributed by atoms with Crippen LogP contribution in [0.2, 0.25) is 0 Å². The van der Waals surface area contributed by atoms with Gasteiger partial charge in [-0.2, -0.15) is 0 Å². The van der Waals surface area contributed by atoms with E-state index >= 15 is 0 Å². The van der Waals surface area contributed by atoms with E-state index in [0.717, 1.165) is 19.6 Å². The summed E-state index contributed by atoms with van der Waals surface area (Å²) in [6, 6.07) is 0. The first-order valence-electron chi connectivity index (χ1n) is 4.93. The van der Waals surface area contributed by atoms with Gasteiger partial charge in [-0.05, 0) is 26.2 Å². The summed E-state index contributed by atoms with van der Waals surface area (Å²) < 4.78 is 5.29. The number of aliphatic hydroxyl groups excluding tert-OH is 1. The van der Waals surface area contributed by atoms with Crippen molar-refractivity contribution >= 4 is 0 Å². The minimum atomic E-state index is -0.152. The van der Waals surface area contributed by atoms with Crippen molar-refractivity contribution in [2.24, 2.45) is 10.8 Å². The molecule has 1 atom stereocenters. The van der Waals surface area contributed by atoms with E-state index in [2.05, 4.69) is 6.92 Å². The average molecular weight is 170 g/mol. The highest BCUT2D eigenvalue weighted by molar-refractivity contribution is 5.12. The van der Waals surface area contributed by atoms with E-state index in [9.17, 15) is 5.11 Å². The lowest BCUT2D eigenvalue weighted by Gasteiger charge is -2.49. The van der Waals surface area contributed by atoms with Crippen LogP contribution in [0.3, 0.4) is 0 Å². The number of rotatable bonds is 3. The van der Waals surface area contributed by atoms with Crippen molar-refractivity contribution in [3.8, 4) is 0 Å². The Labute approximate surface area is 73.9 Å². The molecule has 0 amide bonds. The van der Waals surface area contributed by atoms with Crippen molar-refractivity contribution in [3.05, 3.63) is 0 Å². The molecule has 0 bridgehead atoms. The molecule has 0 aromatic carbocycles. The third-order valence-corrected chi connectivity index (χ3v) is 4.08. The molecule has 2 aliphatic rings. The zero-order chi connectivity index (χ0) is 8.82. The maximum Gasteiger partial charge on any atom is 0.0575 e. The monoisotopic (exact) mass is 170 g/mol. The Bertz CT molecular complexity index is 173. The highest BCUT2D eigenvalue weighted by Gasteiger charge is 2.63. The Morgan fingerprint density at radius 2 is 2.00 bits per heavy atom. The Morgan fingerprint density at radius 1 is 1.42 bits per heavy atom. The fourth-order valence-electron chi connectivity index (χ4n) is 2.72. The van der Waals surface area contributed by atoms with E-state index in [1.165, 1.54) is 12.8 Å². The van der Waals surface area contributed by atoms with Crippen LogP contribution in [0.1, 0.15) is 33.1 Å². The molecule has 1 saturated heterocycles. The van der Waals surface area contributed by atoms with E-state index in [1.54, 1.807) is 0 Å². The largest absolute Gasteiger partial charge is 0.393 e. The summed E-state index contributed by atoms with van der Waals surface area (Å²) in [5, 5.41) is 9.72. The normalized spacial score (nSPS) is 32.2. The minimum Gasteiger partial charge on any atom is -0.393 e. The Hall–Kier alpha value is -0.0800. The molecule has 12 heavy (non-hydrogen) atoms. The number of hydrogen-bond donors (Lipinski definition) is 1. The first-order valence-corrected chi connectivity index (χ1v) is 4.93. The second kappa shape index (κ2) is 2.46. The zero-order valence-corrected chi connectivity index (χ0v) is 7.97. The maximum absolute atomic E-state index is 9.72. The van der Waals surface area contributed by atoms with E-state index in [1.807, 2.05) is 6.92 Å². The lowest BCUT2D eigenvalue weighted by atomic mass is 9.66. The molecule has 1 N–H and O–H groups in total. The van der Waals surface area contributed by atoms with Crippen LogP contribution in [0.25, 0.3) is 0 Å². The van der Waals surface area contributed by atoms with E-state index < -0.39 is 0 Å². The fraction of sp³-hybridized carbons (Fsp3) is 1.00. The van der Waals surface area contributed by atoms with E-state index in [0.29, 0.717) is 5.41 Å². The quantitative estimate of drug-likeness (QED) is 0.696. The molecular formula is C10H18O2. The predicted octanol–water partition coefficient (Wildman–Crippen LogP) is 1.57. The molecule has 2 rings (SSSR count). The molecule has 1 unspecified atom stereocenters. The van der Waals surface area contributed by atoms with Gasteiger partial charge >= 0.3 is 0 Å². The lowest BCUT2D eigenvalue weighted by Crippen LogP contribution is -2.52. The van der Waals surface area contributed by atoms with Gasteiger partial charge in [0.05, 0.1) is 19.3 Å². The zero-order valence-electron chi connectivity index (χ0n) is 7.97. The highest BCUT2D eigenvalue weighted by atomic mass is 16.5. The van der Waals surface area contributed by atoms with Crippen LogP contribution in [0.15, 0.2) is 0 Å². The van der Waals surface area contributed by atoms with Gasteiger partial charge in [0.25, 0.3) is 0 Å². The summed E-state index contributed by atoms with van der Waals surface area (Å²) in [5.41, 5.74) is 0.543. The molecule has 1 saturated carbocycles. The van der Waals surface area contributed by atoms with Gasteiger partial charge in [-0.25, -0.2) is 0 Å². The molecule has 1 aliphatic carbocycles. The van der Waals surface area contributed by atoms with E-state index in [4.69, 9.17) is 4.74 Å². The molecule has 2 fully saturated rings. The molecule has 0 radical (unpaired) electrons. The third-order valence-electron chi connectivity index (χ3n) is 4.08. The van der Waals surface area contributed by atoms with Gasteiger partial charge in [0.2, 0.25) is 0 Å². The maximum atomic E-state index is 9.72. The van der Waals surface area contributed by atoms with Gasteiger partial charge in [0.1, 0.15) is 0 Å². The Balaban J connectivity index is 2.15. The van der Waals surface area contributed by atoms with Gasteiger partial charge < -0.3 is 9.84 Å². The van der Waals surface area contributed by atoms with Crippen molar-refractivity contribution in [2.45, 2.75) is 39.2 Å². The number of aliphatic hydroxyl groups is 1. The molecule has 2 heteroatoms. The summed E-state index contributed by atoms with van der Waals surface area (Å²) >= 11 is 0. The van der Waals surface area contributed by atoms with Gasteiger partial charge in [-0.15, -0.1) is 0 Å². The summed E-state index contributed by atoms with van der Waals surface area (Å²) in [4.78, 5) is 0. The molecule has 0 spiro atoms. The molecule has 70 valence electrons. The van der Waals surface area contributed by atoms with Crippen LogP contribution in [-0.2, 0) is 4.74 Å².